The van der Waals surface area contributed by atoms with Gasteiger partial charge in [-0.05, 0) is 32.6 Å². The lowest BCUT2D eigenvalue weighted by atomic mass is 9.97. The third-order valence-corrected chi connectivity index (χ3v) is 3.45. The number of carboxylic acid groups (broad SMARTS) is 1. The van der Waals surface area contributed by atoms with Crippen molar-refractivity contribution in [2.45, 2.75) is 57.3 Å². The third-order valence-electron chi connectivity index (χ3n) is 3.45. The summed E-state index contributed by atoms with van der Waals surface area (Å²) in [6, 6.07) is -0.237. The summed E-state index contributed by atoms with van der Waals surface area (Å²) < 4.78 is 40.8. The lowest BCUT2D eigenvalue weighted by molar-refractivity contribution is -0.189. The molecule has 0 bridgehead atoms. The van der Waals surface area contributed by atoms with Crippen molar-refractivity contribution in [1.29, 1.82) is 0 Å². The molecular weight excluding hydrogens is 291 g/mol. The first-order valence-corrected chi connectivity index (χ1v) is 6.91. The average Bonchev–Trinajstić information content (AvgIpc) is 2.41. The van der Waals surface area contributed by atoms with Crippen molar-refractivity contribution in [3.63, 3.8) is 0 Å². The highest BCUT2D eigenvalue weighted by Gasteiger charge is 2.33. The molecule has 0 unspecified atom stereocenters. The number of alkyl halides is 3. The number of amides is 1. The Bertz CT molecular complexity index is 373. The van der Waals surface area contributed by atoms with Gasteiger partial charge in [-0.1, -0.05) is 0 Å². The minimum absolute atomic E-state index is 0.0633. The molecule has 0 aromatic carbocycles. The van der Waals surface area contributed by atoms with Crippen LogP contribution in [0.25, 0.3) is 0 Å². The summed E-state index contributed by atoms with van der Waals surface area (Å²) in [5.74, 6) is -1.45. The Balaban J connectivity index is 2.57. The molecule has 0 aliphatic carbocycles. The van der Waals surface area contributed by atoms with Gasteiger partial charge in [0.15, 0.2) is 0 Å². The third kappa shape index (κ3) is 6.33. The number of nitrogens with zero attached hydrogens (tertiary/aromatic N) is 1. The molecule has 1 saturated heterocycles. The molecule has 1 N–H and O–H groups in total. The molecule has 0 spiro atoms. The van der Waals surface area contributed by atoms with E-state index in [2.05, 4.69) is 4.74 Å². The summed E-state index contributed by atoms with van der Waals surface area (Å²) in [5, 5.41) is 8.70. The molecule has 0 aromatic heterocycles. The van der Waals surface area contributed by atoms with Crippen molar-refractivity contribution < 1.29 is 32.6 Å². The number of carbonyl (C=O) groups excluding carboxylic acids is 1. The zero-order valence-corrected chi connectivity index (χ0v) is 11.9. The number of piperidine rings is 1. The predicted molar refractivity (Wildman–Crippen MR) is 67.7 cm³/mol. The normalized spacial score (nSPS) is 21.1. The van der Waals surface area contributed by atoms with Crippen molar-refractivity contribution >= 4 is 11.9 Å². The Morgan fingerprint density at radius 1 is 1.38 bits per heavy atom. The number of ether oxygens (including phenoxy) is 1. The Morgan fingerprint density at radius 2 is 2.05 bits per heavy atom. The standard InChI is InChI=1S/C13H20F3NO4/c1-9(21-8-13(14,15)16)12(20)17-7-3-2-4-10(17)5-6-11(18)19/h9-10H,2-8H2,1H3,(H,18,19)/t9-,10+/m0/s1. The minimum Gasteiger partial charge on any atom is -0.481 e. The molecular formula is C13H20F3NO4. The van der Waals surface area contributed by atoms with Crippen molar-refractivity contribution in [2.75, 3.05) is 13.2 Å². The Kier molecular flexibility index (Phi) is 6.44. The van der Waals surface area contributed by atoms with E-state index in [1.807, 2.05) is 0 Å². The molecule has 21 heavy (non-hydrogen) atoms. The van der Waals surface area contributed by atoms with E-state index < -0.39 is 30.8 Å². The summed E-state index contributed by atoms with van der Waals surface area (Å²) in [6.07, 6.45) is -3.09. The fourth-order valence-electron chi connectivity index (χ4n) is 2.41. The maximum absolute atomic E-state index is 12.2. The monoisotopic (exact) mass is 311 g/mol. The maximum atomic E-state index is 12.2. The first-order valence-electron chi connectivity index (χ1n) is 6.91. The van der Waals surface area contributed by atoms with Crippen molar-refractivity contribution in [1.82, 2.24) is 4.90 Å². The van der Waals surface area contributed by atoms with Gasteiger partial charge in [0.05, 0.1) is 0 Å². The maximum Gasteiger partial charge on any atom is 0.411 e. The van der Waals surface area contributed by atoms with Gasteiger partial charge in [0.25, 0.3) is 5.91 Å². The van der Waals surface area contributed by atoms with Crippen LogP contribution in [0.15, 0.2) is 0 Å². The van der Waals surface area contributed by atoms with Gasteiger partial charge in [-0.2, -0.15) is 13.2 Å². The highest BCUT2D eigenvalue weighted by atomic mass is 19.4. The molecule has 0 saturated carbocycles. The molecule has 5 nitrogen and oxygen atoms in total. The number of carbonyl (C=O) groups is 2. The smallest absolute Gasteiger partial charge is 0.411 e. The van der Waals surface area contributed by atoms with Crippen LogP contribution in [-0.2, 0) is 14.3 Å². The number of rotatable bonds is 6. The number of hydrogen-bond acceptors (Lipinski definition) is 3. The van der Waals surface area contributed by atoms with Crippen LogP contribution in [0, 0.1) is 0 Å². The van der Waals surface area contributed by atoms with Gasteiger partial charge in [0.1, 0.15) is 12.7 Å². The molecule has 2 atom stereocenters. The van der Waals surface area contributed by atoms with Gasteiger partial charge in [-0.25, -0.2) is 0 Å². The molecule has 1 rings (SSSR count). The highest BCUT2D eigenvalue weighted by molar-refractivity contribution is 5.81. The van der Waals surface area contributed by atoms with E-state index in [1.165, 1.54) is 11.8 Å². The van der Waals surface area contributed by atoms with Crippen molar-refractivity contribution in [3.05, 3.63) is 0 Å². The number of carboxylic acids is 1. The van der Waals surface area contributed by atoms with E-state index in [-0.39, 0.29) is 12.5 Å². The van der Waals surface area contributed by atoms with Crippen LogP contribution in [0.3, 0.4) is 0 Å². The lowest BCUT2D eigenvalue weighted by Crippen LogP contribution is -2.48. The first kappa shape index (κ1) is 17.7. The quantitative estimate of drug-likeness (QED) is 0.816. The largest absolute Gasteiger partial charge is 0.481 e. The molecule has 0 aromatic rings. The van der Waals surface area contributed by atoms with Crippen LogP contribution in [0.4, 0.5) is 13.2 Å². The van der Waals surface area contributed by atoms with Gasteiger partial charge in [0.2, 0.25) is 0 Å². The average molecular weight is 311 g/mol. The first-order chi connectivity index (χ1) is 9.70. The van der Waals surface area contributed by atoms with Gasteiger partial charge < -0.3 is 14.7 Å². The highest BCUT2D eigenvalue weighted by Crippen LogP contribution is 2.23. The summed E-state index contributed by atoms with van der Waals surface area (Å²) >= 11 is 0. The Morgan fingerprint density at radius 3 is 2.62 bits per heavy atom. The predicted octanol–water partition coefficient (Wildman–Crippen LogP) is 2.20. The van der Waals surface area contributed by atoms with E-state index in [1.54, 1.807) is 0 Å². The molecule has 1 fully saturated rings. The fraction of sp³-hybridized carbons (Fsp3) is 0.846. The van der Waals surface area contributed by atoms with Crippen LogP contribution < -0.4 is 0 Å². The molecule has 1 aliphatic rings. The molecule has 8 heteroatoms. The van der Waals surface area contributed by atoms with Crippen molar-refractivity contribution in [3.8, 4) is 0 Å². The number of likely N-dealkylation sites (tertiary alicyclic amines) is 1. The summed E-state index contributed by atoms with van der Waals surface area (Å²) in [4.78, 5) is 24.2. The van der Waals surface area contributed by atoms with E-state index >= 15 is 0 Å². The van der Waals surface area contributed by atoms with Crippen LogP contribution >= 0.6 is 0 Å². The zero-order chi connectivity index (χ0) is 16.0. The second kappa shape index (κ2) is 7.63. The van der Waals surface area contributed by atoms with E-state index in [4.69, 9.17) is 5.11 Å². The fourth-order valence-corrected chi connectivity index (χ4v) is 2.41. The number of aliphatic carboxylic acids is 1. The van der Waals surface area contributed by atoms with Crippen LogP contribution in [0.1, 0.15) is 39.0 Å². The van der Waals surface area contributed by atoms with Gasteiger partial charge in [0, 0.05) is 19.0 Å². The zero-order valence-electron chi connectivity index (χ0n) is 11.9. The minimum atomic E-state index is -4.47. The summed E-state index contributed by atoms with van der Waals surface area (Å²) in [7, 11) is 0. The van der Waals surface area contributed by atoms with Crippen molar-refractivity contribution in [2.24, 2.45) is 0 Å². The molecule has 0 radical (unpaired) electrons. The van der Waals surface area contributed by atoms with E-state index in [0.717, 1.165) is 12.8 Å². The van der Waals surface area contributed by atoms with E-state index in [9.17, 15) is 22.8 Å². The topological polar surface area (TPSA) is 66.8 Å². The summed E-state index contributed by atoms with van der Waals surface area (Å²) in [5.41, 5.74) is 0. The Labute approximate surface area is 121 Å². The van der Waals surface area contributed by atoms with Gasteiger partial charge in [-0.15, -0.1) is 0 Å². The number of halogens is 3. The van der Waals surface area contributed by atoms with Crippen LogP contribution in [-0.4, -0.2) is 53.4 Å². The molecule has 1 aliphatic heterocycles. The molecule has 1 heterocycles. The molecule has 122 valence electrons. The summed E-state index contributed by atoms with van der Waals surface area (Å²) in [6.45, 7) is 0.257. The van der Waals surface area contributed by atoms with Gasteiger partial charge >= 0.3 is 12.1 Å². The molecule has 1 amide bonds. The second-order valence-electron chi connectivity index (χ2n) is 5.18. The lowest BCUT2D eigenvalue weighted by Gasteiger charge is -2.37. The van der Waals surface area contributed by atoms with Crippen LogP contribution in [0.2, 0.25) is 0 Å². The van der Waals surface area contributed by atoms with Gasteiger partial charge in [-0.3, -0.25) is 9.59 Å². The SMILES string of the molecule is C[C@H](OCC(F)(F)F)C(=O)N1CCCC[C@@H]1CCC(=O)O. The second-order valence-corrected chi connectivity index (χ2v) is 5.18. The van der Waals surface area contributed by atoms with E-state index in [0.29, 0.717) is 19.4 Å². The number of hydrogen-bond donors (Lipinski definition) is 1. The van der Waals surface area contributed by atoms with Crippen LogP contribution in [0.5, 0.6) is 0 Å². The Hall–Kier alpha value is -1.31.